The summed E-state index contributed by atoms with van der Waals surface area (Å²) in [5.41, 5.74) is 0. The molecule has 0 atom stereocenters. The maximum atomic E-state index is 5.78. The Morgan fingerprint density at radius 1 is 1.31 bits per heavy atom. The minimum Gasteiger partial charge on any atom is -0.377 e. The lowest BCUT2D eigenvalue weighted by molar-refractivity contribution is 0.0605. The van der Waals surface area contributed by atoms with Crippen molar-refractivity contribution in [2.45, 2.75) is 38.2 Å². The van der Waals surface area contributed by atoms with Crippen molar-refractivity contribution in [1.29, 1.82) is 0 Å². The first-order chi connectivity index (χ1) is 7.95. The van der Waals surface area contributed by atoms with Gasteiger partial charge >= 0.3 is 0 Å². The van der Waals surface area contributed by atoms with Gasteiger partial charge in [-0.2, -0.15) is 0 Å². The van der Waals surface area contributed by atoms with Gasteiger partial charge in [-0.05, 0) is 30.7 Å². The fourth-order valence-corrected chi connectivity index (χ4v) is 2.85. The highest BCUT2D eigenvalue weighted by atomic mass is 32.1. The van der Waals surface area contributed by atoms with Crippen LogP contribution in [0.3, 0.4) is 0 Å². The second-order valence-corrected chi connectivity index (χ2v) is 5.39. The van der Waals surface area contributed by atoms with Gasteiger partial charge in [0.15, 0.2) is 0 Å². The Morgan fingerprint density at radius 2 is 2.19 bits per heavy atom. The SMILES string of the molecule is c1csc(CCNCCOC2CCCC2)c1. The summed E-state index contributed by atoms with van der Waals surface area (Å²) >= 11 is 1.84. The molecule has 1 fully saturated rings. The normalized spacial score (nSPS) is 17.0. The van der Waals surface area contributed by atoms with Gasteiger partial charge in [0, 0.05) is 18.0 Å². The molecule has 1 aromatic heterocycles. The molecular weight excluding hydrogens is 218 g/mol. The lowest BCUT2D eigenvalue weighted by Gasteiger charge is -2.11. The molecule has 1 aromatic rings. The molecule has 1 aliphatic rings. The maximum Gasteiger partial charge on any atom is 0.0594 e. The standard InChI is InChI=1S/C13H21NOS/c1-2-5-12(4-1)15-10-9-14-8-7-13-6-3-11-16-13/h3,6,11-12,14H,1-2,4-5,7-10H2. The van der Waals surface area contributed by atoms with E-state index in [1.807, 2.05) is 11.3 Å². The van der Waals surface area contributed by atoms with Crippen LogP contribution in [-0.4, -0.2) is 25.8 Å². The summed E-state index contributed by atoms with van der Waals surface area (Å²) in [5.74, 6) is 0. The molecule has 0 amide bonds. The number of ether oxygens (including phenoxy) is 1. The Bertz CT molecular complexity index is 267. The van der Waals surface area contributed by atoms with Crippen molar-refractivity contribution in [2.75, 3.05) is 19.7 Å². The van der Waals surface area contributed by atoms with Crippen LogP contribution in [0, 0.1) is 0 Å². The summed E-state index contributed by atoms with van der Waals surface area (Å²) in [7, 11) is 0. The van der Waals surface area contributed by atoms with Gasteiger partial charge in [-0.25, -0.2) is 0 Å². The smallest absolute Gasteiger partial charge is 0.0594 e. The monoisotopic (exact) mass is 239 g/mol. The van der Waals surface area contributed by atoms with Crippen LogP contribution in [0.1, 0.15) is 30.6 Å². The first-order valence-electron chi connectivity index (χ1n) is 6.30. The van der Waals surface area contributed by atoms with Crippen molar-refractivity contribution in [1.82, 2.24) is 5.32 Å². The van der Waals surface area contributed by atoms with Crippen molar-refractivity contribution in [3.05, 3.63) is 22.4 Å². The Hall–Kier alpha value is -0.380. The van der Waals surface area contributed by atoms with Crippen molar-refractivity contribution in [3.8, 4) is 0 Å². The van der Waals surface area contributed by atoms with E-state index in [9.17, 15) is 0 Å². The van der Waals surface area contributed by atoms with Crippen LogP contribution in [0.4, 0.5) is 0 Å². The summed E-state index contributed by atoms with van der Waals surface area (Å²) in [5, 5.41) is 5.57. The fraction of sp³-hybridized carbons (Fsp3) is 0.692. The summed E-state index contributed by atoms with van der Waals surface area (Å²) in [6.07, 6.45) is 6.96. The number of nitrogens with one attached hydrogen (secondary N) is 1. The third-order valence-electron chi connectivity index (χ3n) is 3.06. The van der Waals surface area contributed by atoms with Crippen LogP contribution in [-0.2, 0) is 11.2 Å². The molecular formula is C13H21NOS. The molecule has 0 unspecified atom stereocenters. The molecule has 90 valence electrons. The van der Waals surface area contributed by atoms with Gasteiger partial charge in [0.2, 0.25) is 0 Å². The van der Waals surface area contributed by atoms with Gasteiger partial charge in [-0.15, -0.1) is 11.3 Å². The van der Waals surface area contributed by atoms with E-state index < -0.39 is 0 Å². The average molecular weight is 239 g/mol. The van der Waals surface area contributed by atoms with E-state index in [0.29, 0.717) is 6.10 Å². The van der Waals surface area contributed by atoms with Crippen LogP contribution in [0.5, 0.6) is 0 Å². The van der Waals surface area contributed by atoms with Gasteiger partial charge in [-0.3, -0.25) is 0 Å². The van der Waals surface area contributed by atoms with E-state index in [1.54, 1.807) is 0 Å². The van der Waals surface area contributed by atoms with E-state index in [4.69, 9.17) is 4.74 Å². The van der Waals surface area contributed by atoms with E-state index >= 15 is 0 Å². The van der Waals surface area contributed by atoms with Gasteiger partial charge in [0.1, 0.15) is 0 Å². The van der Waals surface area contributed by atoms with E-state index in [0.717, 1.165) is 26.1 Å². The highest BCUT2D eigenvalue weighted by molar-refractivity contribution is 7.09. The molecule has 0 spiro atoms. The van der Waals surface area contributed by atoms with Gasteiger partial charge in [0.25, 0.3) is 0 Å². The second-order valence-electron chi connectivity index (χ2n) is 4.36. The topological polar surface area (TPSA) is 21.3 Å². The number of thiophene rings is 1. The molecule has 2 rings (SSSR count). The highest BCUT2D eigenvalue weighted by Gasteiger charge is 2.14. The number of rotatable bonds is 7. The highest BCUT2D eigenvalue weighted by Crippen LogP contribution is 2.20. The molecule has 0 bridgehead atoms. The zero-order valence-electron chi connectivity index (χ0n) is 9.78. The molecule has 16 heavy (non-hydrogen) atoms. The lowest BCUT2D eigenvalue weighted by Crippen LogP contribution is -2.24. The number of hydrogen-bond acceptors (Lipinski definition) is 3. The van der Waals surface area contributed by atoms with Crippen molar-refractivity contribution >= 4 is 11.3 Å². The summed E-state index contributed by atoms with van der Waals surface area (Å²) in [4.78, 5) is 1.46. The van der Waals surface area contributed by atoms with Crippen LogP contribution in [0.25, 0.3) is 0 Å². The molecule has 1 saturated carbocycles. The van der Waals surface area contributed by atoms with Gasteiger partial charge in [-0.1, -0.05) is 18.9 Å². The van der Waals surface area contributed by atoms with Crippen LogP contribution < -0.4 is 5.32 Å². The van der Waals surface area contributed by atoms with Crippen LogP contribution >= 0.6 is 11.3 Å². The molecule has 0 saturated heterocycles. The molecule has 0 aliphatic heterocycles. The van der Waals surface area contributed by atoms with Crippen LogP contribution in [0.2, 0.25) is 0 Å². The number of hydrogen-bond donors (Lipinski definition) is 1. The maximum absolute atomic E-state index is 5.78. The van der Waals surface area contributed by atoms with Gasteiger partial charge in [0.05, 0.1) is 12.7 Å². The minimum atomic E-state index is 0.555. The minimum absolute atomic E-state index is 0.555. The molecule has 1 N–H and O–H groups in total. The predicted molar refractivity (Wildman–Crippen MR) is 69.1 cm³/mol. The van der Waals surface area contributed by atoms with E-state index in [-0.39, 0.29) is 0 Å². The second kappa shape index (κ2) is 7.05. The van der Waals surface area contributed by atoms with Gasteiger partial charge < -0.3 is 10.1 Å². The quantitative estimate of drug-likeness (QED) is 0.739. The zero-order chi connectivity index (χ0) is 11.1. The summed E-state index contributed by atoms with van der Waals surface area (Å²) in [6.45, 7) is 2.92. The molecule has 1 aliphatic carbocycles. The Labute approximate surface area is 102 Å². The van der Waals surface area contributed by atoms with Crippen molar-refractivity contribution in [3.63, 3.8) is 0 Å². The summed E-state index contributed by atoms with van der Waals surface area (Å²) < 4.78 is 5.78. The predicted octanol–water partition coefficient (Wildman–Crippen LogP) is 2.84. The first-order valence-corrected chi connectivity index (χ1v) is 7.18. The fourth-order valence-electron chi connectivity index (χ4n) is 2.14. The summed E-state index contributed by atoms with van der Waals surface area (Å²) in [6, 6.07) is 4.31. The third-order valence-corrected chi connectivity index (χ3v) is 4.00. The molecule has 3 heteroatoms. The Kier molecular flexibility index (Phi) is 5.32. The largest absolute Gasteiger partial charge is 0.377 e. The van der Waals surface area contributed by atoms with E-state index in [1.165, 1.54) is 30.6 Å². The molecule has 0 aromatic carbocycles. The van der Waals surface area contributed by atoms with Crippen LogP contribution in [0.15, 0.2) is 17.5 Å². The van der Waals surface area contributed by atoms with Crippen molar-refractivity contribution < 1.29 is 4.74 Å². The molecule has 2 nitrogen and oxygen atoms in total. The first kappa shape index (κ1) is 12.1. The lowest BCUT2D eigenvalue weighted by atomic mass is 10.3. The van der Waals surface area contributed by atoms with E-state index in [2.05, 4.69) is 22.8 Å². The Balaban J connectivity index is 1.43. The zero-order valence-corrected chi connectivity index (χ0v) is 10.6. The molecule has 1 heterocycles. The molecule has 0 radical (unpaired) electrons. The van der Waals surface area contributed by atoms with Crippen molar-refractivity contribution in [2.24, 2.45) is 0 Å². The average Bonchev–Trinajstić information content (AvgIpc) is 2.96. The Morgan fingerprint density at radius 3 is 2.94 bits per heavy atom. The third kappa shape index (κ3) is 4.24.